The second-order valence-electron chi connectivity index (χ2n) is 2.57. The van der Waals surface area contributed by atoms with Crippen LogP contribution in [0.5, 0.6) is 0 Å². The van der Waals surface area contributed by atoms with E-state index in [1.807, 2.05) is 0 Å². The Kier molecular flexibility index (Phi) is 4.05. The van der Waals surface area contributed by atoms with Gasteiger partial charge in [-0.15, -0.1) is 0 Å². The Balaban J connectivity index is 3.90. The van der Waals surface area contributed by atoms with E-state index in [1.54, 1.807) is 0 Å². The summed E-state index contributed by atoms with van der Waals surface area (Å²) in [6.07, 6.45) is -6.67. The van der Waals surface area contributed by atoms with Crippen molar-refractivity contribution < 1.29 is 31.8 Å². The van der Waals surface area contributed by atoms with Crippen LogP contribution in [0, 0.1) is 0 Å². The van der Waals surface area contributed by atoms with Crippen LogP contribution in [0.4, 0.5) is 22.0 Å². The van der Waals surface area contributed by atoms with Gasteiger partial charge in [-0.2, -0.15) is 22.0 Å². The van der Waals surface area contributed by atoms with Crippen LogP contribution in [0.2, 0.25) is 0 Å². The van der Waals surface area contributed by atoms with Gasteiger partial charge < -0.3 is 9.84 Å². The molecule has 0 aromatic carbocycles. The molecule has 80 valence electrons. The molecule has 0 aromatic heterocycles. The van der Waals surface area contributed by atoms with Crippen LogP contribution in [0.15, 0.2) is 0 Å². The van der Waals surface area contributed by atoms with Crippen LogP contribution in [0.3, 0.4) is 0 Å². The van der Waals surface area contributed by atoms with Crippen molar-refractivity contribution in [3.63, 3.8) is 0 Å². The molecule has 0 rings (SSSR count). The third kappa shape index (κ3) is 4.37. The Labute approximate surface area is 71.3 Å². The van der Waals surface area contributed by atoms with Crippen molar-refractivity contribution >= 4 is 0 Å². The van der Waals surface area contributed by atoms with Crippen LogP contribution in [-0.2, 0) is 4.74 Å². The summed E-state index contributed by atoms with van der Waals surface area (Å²) in [5.74, 6) is -4.86. The molecule has 0 heterocycles. The van der Waals surface area contributed by atoms with Crippen molar-refractivity contribution in [2.24, 2.45) is 0 Å². The smallest absolute Gasteiger partial charge is 0.391 e. The number of alkyl halides is 5. The Morgan fingerprint density at radius 1 is 1.23 bits per heavy atom. The first kappa shape index (κ1) is 12.6. The zero-order chi connectivity index (χ0) is 10.7. The molecule has 2 nitrogen and oxygen atoms in total. The van der Waals surface area contributed by atoms with Gasteiger partial charge >= 0.3 is 12.1 Å². The highest BCUT2D eigenvalue weighted by Gasteiger charge is 2.57. The second kappa shape index (κ2) is 4.19. The average molecular weight is 208 g/mol. The topological polar surface area (TPSA) is 29.5 Å². The zero-order valence-electron chi connectivity index (χ0n) is 6.74. The maximum Gasteiger partial charge on any atom is 0.455 e. The quantitative estimate of drug-likeness (QED) is 0.711. The lowest BCUT2D eigenvalue weighted by molar-refractivity contribution is -0.297. The standard InChI is InChI=1S/C6H9F5O2/c1-4(12)2-13-3-5(7,8)6(9,10)11/h4,12H,2-3H2,1H3/t4-/m0/s1. The Hall–Kier alpha value is -0.430. The molecule has 1 N–H and O–H groups in total. The van der Waals surface area contributed by atoms with Crippen LogP contribution < -0.4 is 0 Å². The highest BCUT2D eigenvalue weighted by atomic mass is 19.4. The first-order chi connectivity index (χ1) is 5.67. The molecule has 1 atom stereocenters. The summed E-state index contributed by atoms with van der Waals surface area (Å²) >= 11 is 0. The van der Waals surface area contributed by atoms with Gasteiger partial charge in [0.25, 0.3) is 0 Å². The minimum Gasteiger partial charge on any atom is -0.391 e. The highest BCUT2D eigenvalue weighted by molar-refractivity contribution is 4.74. The van der Waals surface area contributed by atoms with Gasteiger partial charge in [0.1, 0.15) is 6.61 Å². The van der Waals surface area contributed by atoms with Crippen LogP contribution in [-0.4, -0.2) is 36.5 Å². The molecule has 0 aromatic rings. The van der Waals surface area contributed by atoms with E-state index >= 15 is 0 Å². The van der Waals surface area contributed by atoms with Gasteiger partial charge in [-0.25, -0.2) is 0 Å². The lowest BCUT2D eigenvalue weighted by Crippen LogP contribution is -2.41. The van der Waals surface area contributed by atoms with Gasteiger partial charge in [0.05, 0.1) is 12.7 Å². The molecule has 0 fully saturated rings. The fourth-order valence-electron chi connectivity index (χ4n) is 0.439. The van der Waals surface area contributed by atoms with Gasteiger partial charge in [-0.1, -0.05) is 0 Å². The predicted octanol–water partition coefficient (Wildman–Crippen LogP) is 1.58. The molecular formula is C6H9F5O2. The molecule has 0 spiro atoms. The SMILES string of the molecule is C[C@H](O)COCC(F)(F)C(F)(F)F. The van der Waals surface area contributed by atoms with Crippen LogP contribution in [0.25, 0.3) is 0 Å². The fourth-order valence-corrected chi connectivity index (χ4v) is 0.439. The fraction of sp³-hybridized carbons (Fsp3) is 1.00. The number of halogens is 5. The largest absolute Gasteiger partial charge is 0.455 e. The number of hydrogen-bond donors (Lipinski definition) is 1. The van der Waals surface area contributed by atoms with Gasteiger partial charge in [-0.3, -0.25) is 0 Å². The summed E-state index contributed by atoms with van der Waals surface area (Å²) in [6.45, 7) is -1.10. The van der Waals surface area contributed by atoms with E-state index < -0.39 is 31.4 Å². The summed E-state index contributed by atoms with van der Waals surface area (Å²) in [7, 11) is 0. The van der Waals surface area contributed by atoms with E-state index in [1.165, 1.54) is 6.92 Å². The molecule has 0 aliphatic carbocycles. The van der Waals surface area contributed by atoms with Gasteiger partial charge in [-0.05, 0) is 6.92 Å². The summed E-state index contributed by atoms with van der Waals surface area (Å²) in [5, 5.41) is 8.50. The molecule has 13 heavy (non-hydrogen) atoms. The van der Waals surface area contributed by atoms with Gasteiger partial charge in [0.15, 0.2) is 0 Å². The van der Waals surface area contributed by atoms with Crippen LogP contribution >= 0.6 is 0 Å². The van der Waals surface area contributed by atoms with Crippen molar-refractivity contribution in [3.8, 4) is 0 Å². The molecule has 0 saturated carbocycles. The molecule has 0 unspecified atom stereocenters. The minimum atomic E-state index is -5.61. The van der Waals surface area contributed by atoms with Crippen molar-refractivity contribution in [1.82, 2.24) is 0 Å². The summed E-state index contributed by atoms with van der Waals surface area (Å²) in [4.78, 5) is 0. The van der Waals surface area contributed by atoms with E-state index in [2.05, 4.69) is 4.74 Å². The number of aliphatic hydroxyl groups is 1. The minimum absolute atomic E-state index is 0.550. The molecule has 0 aliphatic heterocycles. The van der Waals surface area contributed by atoms with E-state index in [4.69, 9.17) is 5.11 Å². The van der Waals surface area contributed by atoms with Crippen LogP contribution in [0.1, 0.15) is 6.92 Å². The molecule has 0 saturated heterocycles. The third-order valence-electron chi connectivity index (χ3n) is 1.06. The number of ether oxygens (including phenoxy) is 1. The number of rotatable bonds is 4. The van der Waals surface area contributed by atoms with Crippen molar-refractivity contribution in [3.05, 3.63) is 0 Å². The Morgan fingerprint density at radius 2 is 1.69 bits per heavy atom. The Morgan fingerprint density at radius 3 is 2.00 bits per heavy atom. The molecule has 0 amide bonds. The third-order valence-corrected chi connectivity index (χ3v) is 1.06. The summed E-state index contributed by atoms with van der Waals surface area (Å²) in [6, 6.07) is 0. The lowest BCUT2D eigenvalue weighted by atomic mass is 10.3. The van der Waals surface area contributed by atoms with E-state index in [9.17, 15) is 22.0 Å². The zero-order valence-corrected chi connectivity index (χ0v) is 6.74. The molecule has 7 heteroatoms. The first-order valence-electron chi connectivity index (χ1n) is 3.37. The monoisotopic (exact) mass is 208 g/mol. The summed E-state index contributed by atoms with van der Waals surface area (Å²) < 4.78 is 62.5. The summed E-state index contributed by atoms with van der Waals surface area (Å²) in [5.41, 5.74) is 0. The molecule has 0 bridgehead atoms. The Bertz CT molecular complexity index is 154. The van der Waals surface area contributed by atoms with Crippen molar-refractivity contribution in [1.29, 1.82) is 0 Å². The maximum absolute atomic E-state index is 12.0. The van der Waals surface area contributed by atoms with E-state index in [0.29, 0.717) is 0 Å². The second-order valence-corrected chi connectivity index (χ2v) is 2.57. The molecule has 0 radical (unpaired) electrons. The van der Waals surface area contributed by atoms with E-state index in [-0.39, 0.29) is 0 Å². The first-order valence-corrected chi connectivity index (χ1v) is 3.37. The normalized spacial score (nSPS) is 15.9. The number of hydrogen-bond acceptors (Lipinski definition) is 2. The van der Waals surface area contributed by atoms with Crippen molar-refractivity contribution in [2.45, 2.75) is 25.1 Å². The maximum atomic E-state index is 12.0. The van der Waals surface area contributed by atoms with Crippen molar-refractivity contribution in [2.75, 3.05) is 13.2 Å². The molecule has 0 aliphatic rings. The van der Waals surface area contributed by atoms with E-state index in [0.717, 1.165) is 0 Å². The highest BCUT2D eigenvalue weighted by Crippen LogP contribution is 2.35. The average Bonchev–Trinajstić information content (AvgIpc) is 1.82. The van der Waals surface area contributed by atoms with Gasteiger partial charge in [0.2, 0.25) is 0 Å². The predicted molar refractivity (Wildman–Crippen MR) is 33.5 cm³/mol. The van der Waals surface area contributed by atoms with Gasteiger partial charge in [0, 0.05) is 0 Å². The molecular weight excluding hydrogens is 199 g/mol. The lowest BCUT2D eigenvalue weighted by Gasteiger charge is -2.19. The number of aliphatic hydroxyl groups excluding tert-OH is 1.